The molecule has 1 nitrogen and oxygen atoms in total. The molecule has 62 valence electrons. The van der Waals surface area contributed by atoms with Gasteiger partial charge in [0.15, 0.2) is 0 Å². The van der Waals surface area contributed by atoms with E-state index in [2.05, 4.69) is 5.92 Å². The molecule has 1 aromatic rings. The molecule has 0 radical (unpaired) electrons. The number of terminal acetylenes is 1. The molecule has 0 bridgehead atoms. The van der Waals surface area contributed by atoms with Crippen LogP contribution in [0.2, 0.25) is 0 Å². The fourth-order valence-corrected chi connectivity index (χ4v) is 1.07. The normalized spacial score (nSPS) is 12.0. The monoisotopic (exact) mass is 160 g/mol. The highest BCUT2D eigenvalue weighted by atomic mass is 16.3. The fourth-order valence-electron chi connectivity index (χ4n) is 1.07. The van der Waals surface area contributed by atoms with Crippen LogP contribution < -0.4 is 0 Å². The summed E-state index contributed by atoms with van der Waals surface area (Å²) in [7, 11) is 0. The molecule has 0 amide bonds. The first-order chi connectivity index (χ1) is 5.74. The van der Waals surface area contributed by atoms with Crippen LogP contribution in [-0.4, -0.2) is 5.11 Å². The quantitative estimate of drug-likeness (QED) is 0.657. The summed E-state index contributed by atoms with van der Waals surface area (Å²) in [5.74, 6) is 3.14. The Hall–Kier alpha value is -1.42. The Labute approximate surface area is 73.0 Å². The minimum absolute atomic E-state index is 0.179. The first kappa shape index (κ1) is 8.67. The van der Waals surface area contributed by atoms with Crippen molar-refractivity contribution in [3.05, 3.63) is 29.8 Å². The number of phenolic OH excluding ortho intramolecular Hbond substituents is 1. The van der Waals surface area contributed by atoms with E-state index >= 15 is 0 Å². The van der Waals surface area contributed by atoms with Gasteiger partial charge in [-0.2, -0.15) is 0 Å². The van der Waals surface area contributed by atoms with Gasteiger partial charge in [0, 0.05) is 5.92 Å². The molecule has 0 aromatic heterocycles. The Morgan fingerprint density at radius 1 is 1.50 bits per heavy atom. The molecule has 0 spiro atoms. The second-order valence-corrected chi connectivity index (χ2v) is 2.90. The van der Waals surface area contributed by atoms with Crippen LogP contribution in [0.1, 0.15) is 12.5 Å². The van der Waals surface area contributed by atoms with E-state index in [1.54, 1.807) is 12.1 Å². The van der Waals surface area contributed by atoms with E-state index in [0.717, 1.165) is 12.0 Å². The van der Waals surface area contributed by atoms with Gasteiger partial charge in [0.05, 0.1) is 0 Å². The highest BCUT2D eigenvalue weighted by Gasteiger charge is 2.02. The Balaban J connectivity index is 2.77. The molecule has 0 saturated heterocycles. The van der Waals surface area contributed by atoms with Crippen LogP contribution in [0, 0.1) is 18.3 Å². The predicted octanol–water partition coefficient (Wildman–Crippen LogP) is 2.20. The topological polar surface area (TPSA) is 20.2 Å². The third kappa shape index (κ3) is 2.03. The van der Waals surface area contributed by atoms with Crippen molar-refractivity contribution in [2.24, 2.45) is 5.92 Å². The summed E-state index contributed by atoms with van der Waals surface area (Å²) < 4.78 is 0. The SMILES string of the molecule is C#CC(C)Cc1ccccc1O. The van der Waals surface area contributed by atoms with Crippen molar-refractivity contribution in [3.8, 4) is 18.1 Å². The maximum Gasteiger partial charge on any atom is 0.118 e. The van der Waals surface area contributed by atoms with E-state index in [4.69, 9.17) is 6.42 Å². The third-order valence-corrected chi connectivity index (χ3v) is 1.80. The number of phenols is 1. The molecule has 1 N–H and O–H groups in total. The van der Waals surface area contributed by atoms with Gasteiger partial charge in [0.25, 0.3) is 0 Å². The zero-order valence-electron chi connectivity index (χ0n) is 7.12. The largest absolute Gasteiger partial charge is 0.508 e. The Morgan fingerprint density at radius 3 is 2.75 bits per heavy atom. The van der Waals surface area contributed by atoms with Gasteiger partial charge in [-0.3, -0.25) is 0 Å². The maximum absolute atomic E-state index is 9.39. The van der Waals surface area contributed by atoms with E-state index in [1.165, 1.54) is 0 Å². The third-order valence-electron chi connectivity index (χ3n) is 1.80. The number of hydrogen-bond acceptors (Lipinski definition) is 1. The smallest absolute Gasteiger partial charge is 0.118 e. The second-order valence-electron chi connectivity index (χ2n) is 2.90. The lowest BCUT2D eigenvalue weighted by molar-refractivity contribution is 0.465. The van der Waals surface area contributed by atoms with Gasteiger partial charge in [0.2, 0.25) is 0 Å². The Kier molecular flexibility index (Phi) is 2.76. The number of hydrogen-bond donors (Lipinski definition) is 1. The molecule has 0 aliphatic heterocycles. The molecule has 1 unspecified atom stereocenters. The van der Waals surface area contributed by atoms with Gasteiger partial charge in [-0.05, 0) is 18.1 Å². The minimum atomic E-state index is 0.179. The number of para-hydroxylation sites is 1. The van der Waals surface area contributed by atoms with E-state index in [0.29, 0.717) is 5.75 Å². The first-order valence-corrected chi connectivity index (χ1v) is 3.97. The summed E-state index contributed by atoms with van der Waals surface area (Å²) in [5, 5.41) is 9.39. The van der Waals surface area contributed by atoms with Gasteiger partial charge in [-0.15, -0.1) is 12.3 Å². The van der Waals surface area contributed by atoms with Gasteiger partial charge >= 0.3 is 0 Å². The highest BCUT2D eigenvalue weighted by Crippen LogP contribution is 2.18. The zero-order valence-corrected chi connectivity index (χ0v) is 7.12. The Morgan fingerprint density at radius 2 is 2.17 bits per heavy atom. The maximum atomic E-state index is 9.39. The standard InChI is InChI=1S/C11H12O/c1-3-9(2)8-10-6-4-5-7-11(10)12/h1,4-7,9,12H,8H2,2H3. The van der Waals surface area contributed by atoms with Gasteiger partial charge in [-0.1, -0.05) is 25.1 Å². The van der Waals surface area contributed by atoms with E-state index in [1.807, 2.05) is 19.1 Å². The summed E-state index contributed by atoms with van der Waals surface area (Å²) in [4.78, 5) is 0. The molecule has 1 atom stereocenters. The first-order valence-electron chi connectivity index (χ1n) is 3.97. The van der Waals surface area contributed by atoms with Gasteiger partial charge < -0.3 is 5.11 Å². The van der Waals surface area contributed by atoms with E-state index in [9.17, 15) is 5.11 Å². The Bertz CT molecular complexity index is 296. The lowest BCUT2D eigenvalue weighted by atomic mass is 10.0. The molecule has 1 aromatic carbocycles. The van der Waals surface area contributed by atoms with Crippen molar-refractivity contribution >= 4 is 0 Å². The zero-order chi connectivity index (χ0) is 8.97. The molecule has 0 heterocycles. The molecule has 0 fully saturated rings. The highest BCUT2D eigenvalue weighted by molar-refractivity contribution is 5.32. The van der Waals surface area contributed by atoms with Crippen LogP contribution in [0.15, 0.2) is 24.3 Å². The predicted molar refractivity (Wildman–Crippen MR) is 49.8 cm³/mol. The summed E-state index contributed by atoms with van der Waals surface area (Å²) in [6, 6.07) is 7.28. The van der Waals surface area contributed by atoms with E-state index in [-0.39, 0.29) is 5.92 Å². The van der Waals surface area contributed by atoms with Gasteiger partial charge in [-0.25, -0.2) is 0 Å². The van der Waals surface area contributed by atoms with Crippen LogP contribution in [-0.2, 0) is 6.42 Å². The average molecular weight is 160 g/mol. The molecule has 1 heteroatoms. The lowest BCUT2D eigenvalue weighted by Crippen LogP contribution is -1.95. The molecule has 0 saturated carbocycles. The lowest BCUT2D eigenvalue weighted by Gasteiger charge is -2.05. The van der Waals surface area contributed by atoms with Crippen molar-refractivity contribution in [1.29, 1.82) is 0 Å². The van der Waals surface area contributed by atoms with Crippen LogP contribution in [0.3, 0.4) is 0 Å². The molecular formula is C11H12O. The summed E-state index contributed by atoms with van der Waals surface area (Å²) in [6.45, 7) is 1.96. The van der Waals surface area contributed by atoms with E-state index < -0.39 is 0 Å². The van der Waals surface area contributed by atoms with Crippen LogP contribution in [0.4, 0.5) is 0 Å². The average Bonchev–Trinajstić information content (AvgIpc) is 2.09. The van der Waals surface area contributed by atoms with Crippen molar-refractivity contribution in [3.63, 3.8) is 0 Å². The van der Waals surface area contributed by atoms with Crippen molar-refractivity contribution < 1.29 is 5.11 Å². The molecule has 0 aliphatic rings. The summed E-state index contributed by atoms with van der Waals surface area (Å²) >= 11 is 0. The summed E-state index contributed by atoms with van der Waals surface area (Å²) in [6.07, 6.45) is 5.98. The second kappa shape index (κ2) is 3.82. The molecular weight excluding hydrogens is 148 g/mol. The van der Waals surface area contributed by atoms with Gasteiger partial charge in [0.1, 0.15) is 5.75 Å². The van der Waals surface area contributed by atoms with Crippen LogP contribution >= 0.6 is 0 Å². The fraction of sp³-hybridized carbons (Fsp3) is 0.273. The molecule has 0 aliphatic carbocycles. The number of aromatic hydroxyl groups is 1. The number of rotatable bonds is 2. The van der Waals surface area contributed by atoms with Crippen molar-refractivity contribution in [1.82, 2.24) is 0 Å². The van der Waals surface area contributed by atoms with Crippen LogP contribution in [0.25, 0.3) is 0 Å². The summed E-state index contributed by atoms with van der Waals surface area (Å²) in [5.41, 5.74) is 0.919. The molecule has 1 rings (SSSR count). The number of benzene rings is 1. The molecule has 12 heavy (non-hydrogen) atoms. The minimum Gasteiger partial charge on any atom is -0.508 e. The van der Waals surface area contributed by atoms with Crippen molar-refractivity contribution in [2.75, 3.05) is 0 Å². The van der Waals surface area contributed by atoms with Crippen molar-refractivity contribution in [2.45, 2.75) is 13.3 Å². The van der Waals surface area contributed by atoms with Crippen LogP contribution in [0.5, 0.6) is 5.75 Å².